The molecule has 0 radical (unpaired) electrons. The fraction of sp³-hybridized carbons (Fsp3) is 0.400. The Labute approximate surface area is 239 Å². The quantitative estimate of drug-likeness (QED) is 0.333. The molecule has 0 spiro atoms. The molecule has 1 heterocycles. The Kier molecular flexibility index (Phi) is 6.68. The number of nitrogens with zero attached hydrogens (tertiary/aromatic N) is 1. The van der Waals surface area contributed by atoms with Crippen LogP contribution >= 0.6 is 15.9 Å². The van der Waals surface area contributed by atoms with Crippen LogP contribution in [-0.4, -0.2) is 42.6 Å². The number of hydrogen-bond donors (Lipinski definition) is 2. The number of amides is 4. The van der Waals surface area contributed by atoms with Crippen LogP contribution < -0.4 is 19.7 Å². The lowest BCUT2D eigenvalue weighted by atomic mass is 9.48. The van der Waals surface area contributed by atoms with E-state index in [0.717, 1.165) is 22.7 Å². The van der Waals surface area contributed by atoms with Crippen molar-refractivity contribution in [3.63, 3.8) is 0 Å². The molecule has 5 fully saturated rings. The highest BCUT2D eigenvalue weighted by atomic mass is 79.9. The summed E-state index contributed by atoms with van der Waals surface area (Å²) in [6, 6.07) is 9.96. The second kappa shape index (κ2) is 10.1. The summed E-state index contributed by atoms with van der Waals surface area (Å²) in [4.78, 5) is 50.9. The smallest absolute Gasteiger partial charge is 0.341 e. The highest BCUT2D eigenvalue weighted by molar-refractivity contribution is 9.10. The Balaban J connectivity index is 1.27. The van der Waals surface area contributed by atoms with Gasteiger partial charge in [-0.3, -0.25) is 14.9 Å². The number of halogens is 1. The molecule has 4 bridgehead atoms. The third-order valence-electron chi connectivity index (χ3n) is 8.78. The maximum atomic E-state index is 13.5. The van der Waals surface area contributed by atoms with Crippen LogP contribution in [0.15, 0.2) is 46.4 Å². The fourth-order valence-corrected chi connectivity index (χ4v) is 8.16. The second-order valence-electron chi connectivity index (χ2n) is 11.4. The van der Waals surface area contributed by atoms with E-state index < -0.39 is 30.4 Å². The summed E-state index contributed by atoms with van der Waals surface area (Å²) in [5.41, 5.74) is 2.05. The molecular weight excluding hydrogens is 580 g/mol. The Morgan fingerprint density at radius 3 is 2.27 bits per heavy atom. The number of carboxylic acid groups (broad SMARTS) is 1. The van der Waals surface area contributed by atoms with Crippen molar-refractivity contribution in [2.75, 3.05) is 18.6 Å². The normalized spacial score (nSPS) is 28.1. The second-order valence-corrected chi connectivity index (χ2v) is 12.3. The maximum Gasteiger partial charge on any atom is 0.341 e. The molecule has 1 saturated heterocycles. The van der Waals surface area contributed by atoms with Crippen LogP contribution in [0.1, 0.15) is 49.7 Å². The van der Waals surface area contributed by atoms with Crippen LogP contribution in [0, 0.1) is 17.8 Å². The summed E-state index contributed by atoms with van der Waals surface area (Å²) in [6.45, 7) is -0.574. The molecule has 9 nitrogen and oxygen atoms in total. The summed E-state index contributed by atoms with van der Waals surface area (Å²) in [5, 5.41) is 11.2. The van der Waals surface area contributed by atoms with Gasteiger partial charge in [-0.1, -0.05) is 12.1 Å². The minimum absolute atomic E-state index is 0.169. The minimum atomic E-state index is -1.15. The summed E-state index contributed by atoms with van der Waals surface area (Å²) in [7, 11) is 1.39. The number of carbonyl (C=O) groups excluding carboxylic acids is 3. The van der Waals surface area contributed by atoms with Gasteiger partial charge in [0.05, 0.1) is 17.3 Å². The van der Waals surface area contributed by atoms with Gasteiger partial charge in [0.25, 0.3) is 11.8 Å². The van der Waals surface area contributed by atoms with E-state index in [2.05, 4.69) is 21.2 Å². The first-order valence-electron chi connectivity index (χ1n) is 13.4. The number of barbiturate groups is 1. The van der Waals surface area contributed by atoms with Crippen molar-refractivity contribution >= 4 is 51.5 Å². The van der Waals surface area contributed by atoms with E-state index >= 15 is 0 Å². The van der Waals surface area contributed by atoms with Crippen LogP contribution in [0.3, 0.4) is 0 Å². The van der Waals surface area contributed by atoms with Crippen LogP contribution in [-0.2, 0) is 19.8 Å². The monoisotopic (exact) mass is 608 g/mol. The fourth-order valence-electron chi connectivity index (χ4n) is 7.58. The number of ether oxygens (including phenoxy) is 2. The van der Waals surface area contributed by atoms with Gasteiger partial charge in [-0.2, -0.15) is 0 Å². The van der Waals surface area contributed by atoms with E-state index in [9.17, 15) is 19.2 Å². The summed E-state index contributed by atoms with van der Waals surface area (Å²) < 4.78 is 11.0. The zero-order chi connectivity index (χ0) is 28.2. The number of anilines is 1. The van der Waals surface area contributed by atoms with Crippen molar-refractivity contribution in [1.29, 1.82) is 0 Å². The molecule has 2 aromatic carbocycles. The van der Waals surface area contributed by atoms with Crippen LogP contribution in [0.5, 0.6) is 11.5 Å². The van der Waals surface area contributed by atoms with Gasteiger partial charge in [0.2, 0.25) is 0 Å². The average molecular weight is 609 g/mol. The molecule has 40 heavy (non-hydrogen) atoms. The van der Waals surface area contributed by atoms with Gasteiger partial charge in [0.1, 0.15) is 5.57 Å². The number of nitrogens with one attached hydrogen (secondary N) is 1. The van der Waals surface area contributed by atoms with E-state index in [1.807, 2.05) is 12.1 Å². The molecule has 1 aliphatic heterocycles. The highest BCUT2D eigenvalue weighted by Gasteiger charge is 2.51. The SMILES string of the molecule is COc1cc(/C=C2\C(=O)NC(=O)N(c3ccc(C45CC6CC(CC(C6)C4)C5)cc3)C2=O)cc(Br)c1OCC(=O)O. The number of hydrogen-bond acceptors (Lipinski definition) is 6. The van der Waals surface area contributed by atoms with Gasteiger partial charge in [0, 0.05) is 0 Å². The molecule has 208 valence electrons. The van der Waals surface area contributed by atoms with Gasteiger partial charge in [0.15, 0.2) is 18.1 Å². The largest absolute Gasteiger partial charge is 0.493 e. The molecule has 10 heteroatoms. The number of carboxylic acids is 1. The number of carbonyl (C=O) groups is 4. The van der Waals surface area contributed by atoms with Gasteiger partial charge >= 0.3 is 12.0 Å². The number of benzene rings is 2. The molecule has 7 rings (SSSR count). The molecular formula is C30H29BrN2O7. The number of rotatable bonds is 7. The average Bonchev–Trinajstić information content (AvgIpc) is 2.89. The number of imide groups is 2. The lowest BCUT2D eigenvalue weighted by Crippen LogP contribution is -2.54. The lowest BCUT2D eigenvalue weighted by Gasteiger charge is -2.57. The summed E-state index contributed by atoms with van der Waals surface area (Å²) in [6.07, 6.45) is 9.04. The molecule has 0 atom stereocenters. The minimum Gasteiger partial charge on any atom is -0.493 e. The van der Waals surface area contributed by atoms with E-state index in [1.165, 1.54) is 63.3 Å². The number of urea groups is 1. The lowest BCUT2D eigenvalue weighted by molar-refractivity contribution is -0.139. The zero-order valence-electron chi connectivity index (χ0n) is 21.9. The molecule has 4 amide bonds. The summed E-state index contributed by atoms with van der Waals surface area (Å²) in [5.74, 6) is 0.0824. The van der Waals surface area contributed by atoms with Crippen LogP contribution in [0.4, 0.5) is 10.5 Å². The molecule has 0 aromatic heterocycles. The Morgan fingerprint density at radius 2 is 1.70 bits per heavy atom. The maximum absolute atomic E-state index is 13.5. The van der Waals surface area contributed by atoms with Crippen molar-refractivity contribution in [3.8, 4) is 11.5 Å². The van der Waals surface area contributed by atoms with Crippen molar-refractivity contribution in [1.82, 2.24) is 5.32 Å². The standard InChI is InChI=1S/C30H29BrN2O7/c1-39-24-11-16(10-23(31)26(24)40-15-25(34)35)9-22-27(36)32-29(38)33(28(22)37)21-4-2-20(3-5-21)30-12-17-6-18(13-30)8-19(7-17)14-30/h2-5,9-11,17-19H,6-8,12-15H2,1H3,(H,34,35)(H,32,36,38)/b22-9+. The Bertz CT molecular complexity index is 1410. The molecule has 0 unspecified atom stereocenters. The zero-order valence-corrected chi connectivity index (χ0v) is 23.5. The van der Waals surface area contributed by atoms with Gasteiger partial charge in [-0.05, 0) is 119 Å². The number of aliphatic carboxylic acids is 1. The summed E-state index contributed by atoms with van der Waals surface area (Å²) >= 11 is 3.33. The van der Waals surface area contributed by atoms with Crippen LogP contribution in [0.25, 0.3) is 6.08 Å². The van der Waals surface area contributed by atoms with Gasteiger partial charge < -0.3 is 14.6 Å². The van der Waals surface area contributed by atoms with Crippen molar-refractivity contribution in [2.24, 2.45) is 17.8 Å². The molecule has 4 aliphatic carbocycles. The van der Waals surface area contributed by atoms with E-state index in [1.54, 1.807) is 18.2 Å². The molecule has 2 aromatic rings. The predicted octanol–water partition coefficient (Wildman–Crippen LogP) is 5.06. The van der Waals surface area contributed by atoms with E-state index in [0.29, 0.717) is 15.7 Å². The van der Waals surface area contributed by atoms with Crippen LogP contribution in [0.2, 0.25) is 0 Å². The van der Waals surface area contributed by atoms with Crippen molar-refractivity contribution in [3.05, 3.63) is 57.6 Å². The van der Waals surface area contributed by atoms with Gasteiger partial charge in [-0.15, -0.1) is 0 Å². The third kappa shape index (κ3) is 4.68. The van der Waals surface area contributed by atoms with E-state index in [-0.39, 0.29) is 22.5 Å². The van der Waals surface area contributed by atoms with Crippen molar-refractivity contribution in [2.45, 2.75) is 43.9 Å². The number of methoxy groups -OCH3 is 1. The first-order valence-corrected chi connectivity index (χ1v) is 14.2. The first-order chi connectivity index (χ1) is 19.2. The van der Waals surface area contributed by atoms with Gasteiger partial charge in [-0.25, -0.2) is 14.5 Å². The first kappa shape index (κ1) is 26.6. The molecule has 5 aliphatic rings. The predicted molar refractivity (Wildman–Crippen MR) is 149 cm³/mol. The molecule has 4 saturated carbocycles. The molecule has 2 N–H and O–H groups in total. The third-order valence-corrected chi connectivity index (χ3v) is 9.37. The topological polar surface area (TPSA) is 122 Å². The van der Waals surface area contributed by atoms with E-state index in [4.69, 9.17) is 14.6 Å². The Hall–Kier alpha value is -3.66. The highest BCUT2D eigenvalue weighted by Crippen LogP contribution is 2.60. The Morgan fingerprint density at radius 1 is 1.07 bits per heavy atom. The van der Waals surface area contributed by atoms with Crippen molar-refractivity contribution < 1.29 is 33.8 Å².